The predicted octanol–water partition coefficient (Wildman–Crippen LogP) is 0.935. The molecule has 3 aliphatic heterocycles. The quantitative estimate of drug-likeness (QED) is 0.718. The van der Waals surface area contributed by atoms with Gasteiger partial charge in [-0.1, -0.05) is 0 Å². The van der Waals surface area contributed by atoms with Gasteiger partial charge in [0.1, 0.15) is 0 Å². The van der Waals surface area contributed by atoms with Crippen LogP contribution in [0.15, 0.2) is 18.5 Å². The van der Waals surface area contributed by atoms with E-state index >= 15 is 0 Å². The van der Waals surface area contributed by atoms with E-state index in [0.29, 0.717) is 38.3 Å². The van der Waals surface area contributed by atoms with Gasteiger partial charge in [-0.25, -0.2) is 4.79 Å². The fourth-order valence-corrected chi connectivity index (χ4v) is 5.64. The van der Waals surface area contributed by atoms with Crippen LogP contribution in [0.4, 0.5) is 4.79 Å². The van der Waals surface area contributed by atoms with E-state index in [1.54, 1.807) is 25.1 Å². The van der Waals surface area contributed by atoms with Crippen LogP contribution in [0.25, 0.3) is 0 Å². The van der Waals surface area contributed by atoms with Crippen LogP contribution in [0.3, 0.4) is 0 Å². The van der Waals surface area contributed by atoms with E-state index in [4.69, 9.17) is 0 Å². The average molecular weight is 415 g/mol. The van der Waals surface area contributed by atoms with Crippen molar-refractivity contribution in [1.82, 2.24) is 29.8 Å². The number of piperidine rings is 1. The van der Waals surface area contributed by atoms with E-state index in [0.717, 1.165) is 25.8 Å². The highest BCUT2D eigenvalue weighted by atomic mass is 16.2. The summed E-state index contributed by atoms with van der Waals surface area (Å²) >= 11 is 0. The minimum atomic E-state index is -0.540. The number of hydrogen-bond acceptors (Lipinski definition) is 5. The average Bonchev–Trinajstić information content (AvgIpc) is 3.26. The van der Waals surface area contributed by atoms with Crippen LogP contribution < -0.4 is 0 Å². The first-order valence-corrected chi connectivity index (χ1v) is 10.7. The molecule has 4 heterocycles. The fraction of sp³-hybridized carbons (Fsp3) is 0.667. The number of likely N-dealkylation sites (tertiary alicyclic amines) is 3. The molecule has 0 aromatic carbocycles. The van der Waals surface area contributed by atoms with E-state index in [1.165, 1.54) is 12.4 Å². The molecule has 0 radical (unpaired) electrons. The van der Waals surface area contributed by atoms with Crippen molar-refractivity contribution in [1.29, 1.82) is 0 Å². The van der Waals surface area contributed by atoms with E-state index in [2.05, 4.69) is 10.2 Å². The van der Waals surface area contributed by atoms with Crippen LogP contribution in [0.2, 0.25) is 0 Å². The van der Waals surface area contributed by atoms with Crippen molar-refractivity contribution < 1.29 is 14.4 Å². The molecular formula is C21H30N6O3. The number of nitrogens with zero attached hydrogens (tertiary/aromatic N) is 6. The van der Waals surface area contributed by atoms with Crippen LogP contribution in [-0.4, -0.2) is 101 Å². The molecule has 0 bridgehead atoms. The van der Waals surface area contributed by atoms with Crippen LogP contribution >= 0.6 is 0 Å². The number of aromatic nitrogens is 2. The smallest absolute Gasteiger partial charge is 0.319 e. The molecule has 30 heavy (non-hydrogen) atoms. The Kier molecular flexibility index (Phi) is 5.15. The van der Waals surface area contributed by atoms with E-state index in [-0.39, 0.29) is 23.3 Å². The summed E-state index contributed by atoms with van der Waals surface area (Å²) in [6, 6.07) is 1.63. The number of amides is 4. The lowest BCUT2D eigenvalue weighted by atomic mass is 9.60. The zero-order chi connectivity index (χ0) is 21.5. The number of hydrogen-bond donors (Lipinski definition) is 0. The summed E-state index contributed by atoms with van der Waals surface area (Å²) in [5.41, 5.74) is -0.296. The van der Waals surface area contributed by atoms with Crippen molar-refractivity contribution in [3.63, 3.8) is 0 Å². The van der Waals surface area contributed by atoms with Gasteiger partial charge in [-0.3, -0.25) is 9.59 Å². The summed E-state index contributed by atoms with van der Waals surface area (Å²) in [6.07, 6.45) is 5.22. The van der Waals surface area contributed by atoms with Crippen molar-refractivity contribution in [3.05, 3.63) is 24.0 Å². The van der Waals surface area contributed by atoms with Gasteiger partial charge in [0, 0.05) is 58.8 Å². The molecule has 3 aliphatic rings. The van der Waals surface area contributed by atoms with Crippen molar-refractivity contribution in [2.75, 3.05) is 53.4 Å². The third kappa shape index (κ3) is 3.02. The van der Waals surface area contributed by atoms with Gasteiger partial charge in [-0.15, -0.1) is 0 Å². The monoisotopic (exact) mass is 414 g/mol. The Bertz CT molecular complexity index is 836. The van der Waals surface area contributed by atoms with Crippen LogP contribution in [0.1, 0.15) is 36.5 Å². The zero-order valence-electron chi connectivity index (χ0n) is 18.0. The molecule has 0 saturated carbocycles. The van der Waals surface area contributed by atoms with Crippen molar-refractivity contribution >= 4 is 17.8 Å². The number of carbonyl (C=O) groups is 3. The Morgan fingerprint density at radius 2 is 1.80 bits per heavy atom. The molecule has 3 saturated heterocycles. The Labute approximate surface area is 177 Å². The van der Waals surface area contributed by atoms with E-state index in [1.807, 2.05) is 21.6 Å². The Balaban J connectivity index is 1.58. The molecule has 1 aromatic heterocycles. The molecule has 0 unspecified atom stereocenters. The van der Waals surface area contributed by atoms with Gasteiger partial charge in [-0.2, -0.15) is 10.2 Å². The summed E-state index contributed by atoms with van der Waals surface area (Å²) < 4.78 is 0. The van der Waals surface area contributed by atoms with Gasteiger partial charge in [-0.05, 0) is 32.3 Å². The Morgan fingerprint density at radius 1 is 1.07 bits per heavy atom. The second kappa shape index (κ2) is 7.52. The van der Waals surface area contributed by atoms with Crippen molar-refractivity contribution in [2.45, 2.75) is 26.2 Å². The van der Waals surface area contributed by atoms with Gasteiger partial charge in [0.2, 0.25) is 5.91 Å². The summed E-state index contributed by atoms with van der Waals surface area (Å²) in [7, 11) is 3.50. The van der Waals surface area contributed by atoms with Crippen molar-refractivity contribution in [2.24, 2.45) is 10.8 Å². The molecule has 1 aromatic rings. The largest absolute Gasteiger partial charge is 0.342 e. The highest BCUT2D eigenvalue weighted by molar-refractivity contribution is 5.94. The molecule has 4 amide bonds. The first-order valence-electron chi connectivity index (χ1n) is 10.7. The van der Waals surface area contributed by atoms with Gasteiger partial charge in [0.15, 0.2) is 0 Å². The van der Waals surface area contributed by atoms with Gasteiger partial charge < -0.3 is 19.6 Å². The maximum Gasteiger partial charge on any atom is 0.319 e. The van der Waals surface area contributed by atoms with Gasteiger partial charge in [0.25, 0.3) is 5.91 Å². The maximum absolute atomic E-state index is 13.5. The first kappa shape index (κ1) is 20.6. The first-order chi connectivity index (χ1) is 14.3. The van der Waals surface area contributed by atoms with Gasteiger partial charge in [0.05, 0.1) is 23.4 Å². The minimum Gasteiger partial charge on any atom is -0.342 e. The summed E-state index contributed by atoms with van der Waals surface area (Å²) in [4.78, 5) is 46.3. The molecule has 0 N–H and O–H groups in total. The van der Waals surface area contributed by atoms with E-state index < -0.39 is 5.41 Å². The van der Waals surface area contributed by atoms with Crippen LogP contribution in [0, 0.1) is 10.8 Å². The molecule has 2 spiro atoms. The second-order valence-corrected chi connectivity index (χ2v) is 8.95. The highest BCUT2D eigenvalue weighted by Crippen LogP contribution is 2.58. The van der Waals surface area contributed by atoms with E-state index in [9.17, 15) is 14.4 Å². The van der Waals surface area contributed by atoms with Crippen molar-refractivity contribution in [3.8, 4) is 0 Å². The Hall–Kier alpha value is -2.71. The third-order valence-corrected chi connectivity index (χ3v) is 7.35. The normalized spacial score (nSPS) is 25.4. The lowest BCUT2D eigenvalue weighted by Gasteiger charge is -2.46. The standard InChI is InChI=1S/C21H30N6O3/c1-4-25-12-8-21(18(25)29)15-27(19(30)24(2)3)14-20(21)6-10-26(11-7-20)17(28)16-5-9-22-23-13-16/h5,9,13H,4,6-8,10-12,14-15H2,1-3H3/t21-/m0/s1. The zero-order valence-corrected chi connectivity index (χ0v) is 18.0. The van der Waals surface area contributed by atoms with Crippen LogP contribution in [-0.2, 0) is 4.79 Å². The van der Waals surface area contributed by atoms with Gasteiger partial charge >= 0.3 is 6.03 Å². The molecule has 1 atom stereocenters. The number of urea groups is 1. The number of carbonyl (C=O) groups excluding carboxylic acids is 3. The summed E-state index contributed by atoms with van der Waals surface area (Å²) in [5.74, 6) is 0.123. The predicted molar refractivity (Wildman–Crippen MR) is 110 cm³/mol. The van der Waals surface area contributed by atoms with Crippen LogP contribution in [0.5, 0.6) is 0 Å². The maximum atomic E-state index is 13.5. The number of rotatable bonds is 2. The molecule has 9 nitrogen and oxygen atoms in total. The summed E-state index contributed by atoms with van der Waals surface area (Å²) in [5, 5.41) is 7.54. The molecule has 162 valence electrons. The Morgan fingerprint density at radius 3 is 2.37 bits per heavy atom. The second-order valence-electron chi connectivity index (χ2n) is 8.95. The molecule has 4 rings (SSSR count). The molecule has 3 fully saturated rings. The molecule has 0 aliphatic carbocycles. The lowest BCUT2D eigenvalue weighted by molar-refractivity contribution is -0.141. The fourth-order valence-electron chi connectivity index (χ4n) is 5.64. The summed E-state index contributed by atoms with van der Waals surface area (Å²) in [6.45, 7) is 5.64. The minimum absolute atomic E-state index is 0.0460. The highest BCUT2D eigenvalue weighted by Gasteiger charge is 2.66. The lowest BCUT2D eigenvalue weighted by Crippen LogP contribution is -2.53. The third-order valence-electron chi connectivity index (χ3n) is 7.35. The number of fused-ring (bicyclic) bond motifs is 1. The molecular weight excluding hydrogens is 384 g/mol. The molecule has 9 heteroatoms. The SMILES string of the molecule is CCN1CC[C@]2(CN(C(=O)N(C)C)CC23CCN(C(=O)c2ccnnc2)CC3)C1=O. The topological polar surface area (TPSA) is 89.9 Å².